The third-order valence-electron chi connectivity index (χ3n) is 5.50. The van der Waals surface area contributed by atoms with Gasteiger partial charge in [-0.3, -0.25) is 9.59 Å². The van der Waals surface area contributed by atoms with Crippen molar-refractivity contribution in [2.75, 3.05) is 19.7 Å². The number of rotatable bonds is 11. The molecule has 0 radical (unpaired) electrons. The average molecular weight is 461 g/mol. The number of aryl methyl sites for hydroxylation is 2. The van der Waals surface area contributed by atoms with Gasteiger partial charge in [0.15, 0.2) is 6.61 Å². The first-order chi connectivity index (χ1) is 16.3. The molecule has 0 aliphatic rings. The maximum atomic E-state index is 13.0. The van der Waals surface area contributed by atoms with Gasteiger partial charge in [0.05, 0.1) is 17.1 Å². The van der Waals surface area contributed by atoms with Crippen LogP contribution in [0.3, 0.4) is 0 Å². The standard InChI is InChI=1S/C27H32N4O3/c1-6-14-30(15-7-2)26(33)17-31-23-11-9-8-10-22(23)29-27(31)21(5)28-25(32)18-34-24-16-19(3)12-13-20(24)4/h6-13,16,21H,1-2,14-15,17-18H2,3-5H3,(H,28,32). The van der Waals surface area contributed by atoms with Crippen molar-refractivity contribution >= 4 is 22.8 Å². The fraction of sp³-hybridized carbons (Fsp3) is 0.296. The topological polar surface area (TPSA) is 76.5 Å². The van der Waals surface area contributed by atoms with E-state index in [-0.39, 0.29) is 25.0 Å². The minimum absolute atomic E-state index is 0.0824. The van der Waals surface area contributed by atoms with E-state index in [9.17, 15) is 9.59 Å². The van der Waals surface area contributed by atoms with Gasteiger partial charge in [-0.15, -0.1) is 13.2 Å². The molecule has 0 bridgehead atoms. The molecule has 178 valence electrons. The molecule has 1 aromatic heterocycles. The van der Waals surface area contributed by atoms with Crippen molar-refractivity contribution in [2.24, 2.45) is 0 Å². The lowest BCUT2D eigenvalue weighted by molar-refractivity contribution is -0.130. The second kappa shape index (κ2) is 11.3. The smallest absolute Gasteiger partial charge is 0.258 e. The Hall–Kier alpha value is -3.87. The number of imidazole rings is 1. The molecule has 7 heteroatoms. The van der Waals surface area contributed by atoms with Gasteiger partial charge in [0, 0.05) is 13.1 Å². The van der Waals surface area contributed by atoms with E-state index < -0.39 is 6.04 Å². The van der Waals surface area contributed by atoms with Gasteiger partial charge in [-0.1, -0.05) is 36.4 Å². The number of nitrogens with one attached hydrogen (secondary N) is 1. The third-order valence-corrected chi connectivity index (χ3v) is 5.50. The lowest BCUT2D eigenvalue weighted by Crippen LogP contribution is -2.36. The van der Waals surface area contributed by atoms with Gasteiger partial charge in [0.1, 0.15) is 18.1 Å². The molecule has 0 fully saturated rings. The summed E-state index contributed by atoms with van der Waals surface area (Å²) in [4.78, 5) is 32.1. The fourth-order valence-corrected chi connectivity index (χ4v) is 3.77. The number of ether oxygens (including phenoxy) is 1. The molecule has 2 amide bonds. The number of hydrogen-bond donors (Lipinski definition) is 1. The van der Waals surface area contributed by atoms with Crippen LogP contribution in [-0.4, -0.2) is 46.0 Å². The molecule has 0 spiro atoms. The van der Waals surface area contributed by atoms with Gasteiger partial charge in [-0.2, -0.15) is 0 Å². The SMILES string of the molecule is C=CCN(CC=C)C(=O)Cn1c(C(C)NC(=O)COc2cc(C)ccc2C)nc2ccccc21. The maximum absolute atomic E-state index is 13.0. The highest BCUT2D eigenvalue weighted by atomic mass is 16.5. The molecule has 7 nitrogen and oxygen atoms in total. The maximum Gasteiger partial charge on any atom is 0.258 e. The minimum atomic E-state index is -0.429. The molecular formula is C27H32N4O3. The van der Waals surface area contributed by atoms with Crippen LogP contribution in [-0.2, 0) is 16.1 Å². The highest BCUT2D eigenvalue weighted by molar-refractivity contribution is 5.82. The molecule has 2 aromatic carbocycles. The Morgan fingerprint density at radius 1 is 1.15 bits per heavy atom. The first-order valence-electron chi connectivity index (χ1n) is 11.3. The lowest BCUT2D eigenvalue weighted by atomic mass is 10.1. The number of nitrogens with zero attached hydrogens (tertiary/aromatic N) is 3. The van der Waals surface area contributed by atoms with Gasteiger partial charge < -0.3 is 19.5 Å². The minimum Gasteiger partial charge on any atom is -0.483 e. The van der Waals surface area contributed by atoms with Crippen LogP contribution in [0.4, 0.5) is 0 Å². The lowest BCUT2D eigenvalue weighted by Gasteiger charge is -2.22. The Labute approximate surface area is 200 Å². The second-order valence-corrected chi connectivity index (χ2v) is 8.27. The molecule has 1 N–H and O–H groups in total. The average Bonchev–Trinajstić information content (AvgIpc) is 3.18. The molecule has 1 heterocycles. The van der Waals surface area contributed by atoms with Crippen LogP contribution < -0.4 is 10.1 Å². The Morgan fingerprint density at radius 3 is 2.56 bits per heavy atom. The number of aromatic nitrogens is 2. The molecule has 0 aliphatic carbocycles. The quantitative estimate of drug-likeness (QED) is 0.437. The van der Waals surface area contributed by atoms with Crippen molar-refractivity contribution in [3.63, 3.8) is 0 Å². The van der Waals surface area contributed by atoms with Crippen molar-refractivity contribution in [3.8, 4) is 5.75 Å². The van der Waals surface area contributed by atoms with E-state index in [2.05, 4.69) is 18.5 Å². The summed E-state index contributed by atoms with van der Waals surface area (Å²) in [5.74, 6) is 0.941. The van der Waals surface area contributed by atoms with Crippen LogP contribution in [0.1, 0.15) is 29.9 Å². The second-order valence-electron chi connectivity index (χ2n) is 8.27. The van der Waals surface area contributed by atoms with E-state index in [0.717, 1.165) is 22.2 Å². The number of carbonyl (C=O) groups is 2. The Kier molecular flexibility index (Phi) is 8.24. The molecule has 3 aromatic rings. The molecule has 3 rings (SSSR count). The zero-order valence-corrected chi connectivity index (χ0v) is 20.1. The number of para-hydroxylation sites is 2. The summed E-state index contributed by atoms with van der Waals surface area (Å²) in [6, 6.07) is 13.1. The molecule has 1 unspecified atom stereocenters. The van der Waals surface area contributed by atoms with Crippen molar-refractivity contribution in [1.82, 2.24) is 19.8 Å². The summed E-state index contributed by atoms with van der Waals surface area (Å²) in [5.41, 5.74) is 3.62. The monoisotopic (exact) mass is 460 g/mol. The Balaban J connectivity index is 1.78. The number of benzene rings is 2. The first kappa shape index (κ1) is 24.8. The van der Waals surface area contributed by atoms with Gasteiger partial charge >= 0.3 is 0 Å². The molecule has 0 saturated heterocycles. The zero-order valence-electron chi connectivity index (χ0n) is 20.1. The van der Waals surface area contributed by atoms with Crippen molar-refractivity contribution in [1.29, 1.82) is 0 Å². The van der Waals surface area contributed by atoms with Crippen LogP contribution in [0.25, 0.3) is 11.0 Å². The van der Waals surface area contributed by atoms with Crippen molar-refractivity contribution in [2.45, 2.75) is 33.4 Å². The van der Waals surface area contributed by atoms with Gasteiger partial charge in [-0.25, -0.2) is 4.98 Å². The molecule has 0 aliphatic heterocycles. The summed E-state index contributed by atoms with van der Waals surface area (Å²) in [7, 11) is 0. The normalized spacial score (nSPS) is 11.6. The van der Waals surface area contributed by atoms with Crippen LogP contribution >= 0.6 is 0 Å². The summed E-state index contributed by atoms with van der Waals surface area (Å²) in [6.45, 7) is 14.1. The van der Waals surface area contributed by atoms with Crippen LogP contribution in [0.2, 0.25) is 0 Å². The van der Waals surface area contributed by atoms with Gasteiger partial charge in [0.2, 0.25) is 5.91 Å². The van der Waals surface area contributed by atoms with Crippen molar-refractivity contribution in [3.05, 3.63) is 84.7 Å². The van der Waals surface area contributed by atoms with E-state index in [1.165, 1.54) is 0 Å². The number of carbonyl (C=O) groups excluding carboxylic acids is 2. The van der Waals surface area contributed by atoms with E-state index >= 15 is 0 Å². The van der Waals surface area contributed by atoms with Crippen LogP contribution in [0.15, 0.2) is 67.8 Å². The molecule has 0 saturated carbocycles. The summed E-state index contributed by atoms with van der Waals surface area (Å²) in [6.07, 6.45) is 3.38. The summed E-state index contributed by atoms with van der Waals surface area (Å²) >= 11 is 0. The first-order valence-corrected chi connectivity index (χ1v) is 11.3. The predicted octanol–water partition coefficient (Wildman–Crippen LogP) is 4.11. The molecule has 34 heavy (non-hydrogen) atoms. The molecular weight excluding hydrogens is 428 g/mol. The van der Waals surface area contributed by atoms with E-state index in [1.807, 2.05) is 67.8 Å². The van der Waals surface area contributed by atoms with Gasteiger partial charge in [-0.05, 0) is 50.1 Å². The zero-order chi connectivity index (χ0) is 24.7. The highest BCUT2D eigenvalue weighted by Crippen LogP contribution is 2.22. The van der Waals surface area contributed by atoms with E-state index in [0.29, 0.717) is 24.7 Å². The third kappa shape index (κ3) is 5.92. The highest BCUT2D eigenvalue weighted by Gasteiger charge is 2.22. The number of amides is 2. The van der Waals surface area contributed by atoms with E-state index in [1.54, 1.807) is 17.1 Å². The van der Waals surface area contributed by atoms with Gasteiger partial charge in [0.25, 0.3) is 5.91 Å². The van der Waals surface area contributed by atoms with Crippen molar-refractivity contribution < 1.29 is 14.3 Å². The fourth-order valence-electron chi connectivity index (χ4n) is 3.77. The van der Waals surface area contributed by atoms with Crippen LogP contribution in [0, 0.1) is 13.8 Å². The van der Waals surface area contributed by atoms with Crippen LogP contribution in [0.5, 0.6) is 5.75 Å². The molecule has 1 atom stereocenters. The largest absolute Gasteiger partial charge is 0.483 e. The Morgan fingerprint density at radius 2 is 1.85 bits per heavy atom. The summed E-state index contributed by atoms with van der Waals surface area (Å²) < 4.78 is 7.59. The predicted molar refractivity (Wildman–Crippen MR) is 135 cm³/mol. The Bertz CT molecular complexity index is 1190. The summed E-state index contributed by atoms with van der Waals surface area (Å²) in [5, 5.41) is 2.95. The number of fused-ring (bicyclic) bond motifs is 1. The van der Waals surface area contributed by atoms with E-state index in [4.69, 9.17) is 9.72 Å². The number of hydrogen-bond acceptors (Lipinski definition) is 4.